The quantitative estimate of drug-likeness (QED) is 0.704. The molecule has 2 N–H and O–H groups in total. The largest absolute Gasteiger partial charge is 0.322 e. The first kappa shape index (κ1) is 18.6. The zero-order chi connectivity index (χ0) is 19.4. The molecule has 0 saturated heterocycles. The van der Waals surface area contributed by atoms with Gasteiger partial charge in [0.1, 0.15) is 0 Å². The van der Waals surface area contributed by atoms with Crippen molar-refractivity contribution in [3.05, 3.63) is 83.7 Å². The van der Waals surface area contributed by atoms with Gasteiger partial charge in [0.25, 0.3) is 15.9 Å². The second kappa shape index (κ2) is 7.59. The van der Waals surface area contributed by atoms with Gasteiger partial charge in [0.15, 0.2) is 0 Å². The molecule has 1 heterocycles. The van der Waals surface area contributed by atoms with Gasteiger partial charge in [0.05, 0.1) is 22.3 Å². The summed E-state index contributed by atoms with van der Waals surface area (Å²) in [6.45, 7) is 3.84. The lowest BCUT2D eigenvalue weighted by Crippen LogP contribution is -2.15. The second-order valence-electron chi connectivity index (χ2n) is 6.20. The fourth-order valence-corrected chi connectivity index (χ4v) is 3.43. The third-order valence-corrected chi connectivity index (χ3v) is 5.29. The molecule has 3 aromatic rings. The minimum absolute atomic E-state index is 0.141. The first-order valence-corrected chi connectivity index (χ1v) is 9.74. The van der Waals surface area contributed by atoms with Gasteiger partial charge in [-0.3, -0.25) is 14.5 Å². The van der Waals surface area contributed by atoms with Gasteiger partial charge in [-0.05, 0) is 44.2 Å². The van der Waals surface area contributed by atoms with Crippen molar-refractivity contribution in [3.63, 3.8) is 0 Å². The van der Waals surface area contributed by atoms with Crippen LogP contribution in [0.25, 0.3) is 0 Å². The van der Waals surface area contributed by atoms with Crippen molar-refractivity contribution in [1.82, 2.24) is 4.98 Å². The number of aryl methyl sites for hydroxylation is 2. The highest BCUT2D eigenvalue weighted by atomic mass is 32.2. The molecule has 138 valence electrons. The number of sulfonamides is 1. The molecule has 0 unspecified atom stereocenters. The van der Waals surface area contributed by atoms with Crippen molar-refractivity contribution in [2.75, 3.05) is 10.0 Å². The van der Waals surface area contributed by atoms with Crippen LogP contribution in [-0.2, 0) is 10.0 Å². The molecule has 27 heavy (non-hydrogen) atoms. The van der Waals surface area contributed by atoms with Crippen molar-refractivity contribution < 1.29 is 13.2 Å². The Labute approximate surface area is 158 Å². The molecule has 3 rings (SSSR count). The van der Waals surface area contributed by atoms with Crippen LogP contribution in [0.3, 0.4) is 0 Å². The number of nitrogens with one attached hydrogen (secondary N) is 2. The highest BCUT2D eigenvalue weighted by molar-refractivity contribution is 7.92. The van der Waals surface area contributed by atoms with Crippen molar-refractivity contribution >= 4 is 27.3 Å². The Morgan fingerprint density at radius 1 is 0.852 bits per heavy atom. The maximum absolute atomic E-state index is 12.5. The van der Waals surface area contributed by atoms with Crippen LogP contribution in [0.4, 0.5) is 11.4 Å². The lowest BCUT2D eigenvalue weighted by atomic mass is 10.2. The van der Waals surface area contributed by atoms with Gasteiger partial charge in [-0.15, -0.1) is 0 Å². The van der Waals surface area contributed by atoms with Crippen LogP contribution in [0.15, 0.2) is 71.9 Å². The minimum atomic E-state index is -3.76. The van der Waals surface area contributed by atoms with E-state index in [4.69, 9.17) is 0 Å². The number of carbonyl (C=O) groups excluding carboxylic acids is 1. The van der Waals surface area contributed by atoms with E-state index in [1.165, 1.54) is 30.6 Å². The Morgan fingerprint density at radius 3 is 2.07 bits per heavy atom. The molecule has 0 aliphatic heterocycles. The molecule has 0 aliphatic carbocycles. The molecule has 0 atom stereocenters. The molecule has 0 bridgehead atoms. The molecule has 0 fully saturated rings. The normalized spacial score (nSPS) is 11.0. The summed E-state index contributed by atoms with van der Waals surface area (Å²) in [6, 6.07) is 15.3. The number of hydrogen-bond acceptors (Lipinski definition) is 4. The van der Waals surface area contributed by atoms with Crippen LogP contribution in [-0.4, -0.2) is 19.3 Å². The summed E-state index contributed by atoms with van der Waals surface area (Å²) < 4.78 is 27.4. The van der Waals surface area contributed by atoms with Crippen LogP contribution >= 0.6 is 0 Å². The predicted molar refractivity (Wildman–Crippen MR) is 105 cm³/mol. The van der Waals surface area contributed by atoms with E-state index >= 15 is 0 Å². The molecule has 2 aromatic carbocycles. The smallest absolute Gasteiger partial charge is 0.261 e. The summed E-state index contributed by atoms with van der Waals surface area (Å²) in [5, 5.41) is 2.76. The SMILES string of the molecule is Cc1ccc(NC(=O)c2cncc(NS(=O)(=O)c3ccc(C)cc3)c2)cc1. The maximum atomic E-state index is 12.5. The van der Waals surface area contributed by atoms with Gasteiger partial charge in [0.2, 0.25) is 0 Å². The number of nitrogens with zero attached hydrogens (tertiary/aromatic N) is 1. The Balaban J connectivity index is 1.77. The van der Waals surface area contributed by atoms with Crippen LogP contribution in [0.1, 0.15) is 21.5 Å². The number of hydrogen-bond donors (Lipinski definition) is 2. The number of anilines is 2. The van der Waals surface area contributed by atoms with Gasteiger partial charge in [-0.2, -0.15) is 0 Å². The summed E-state index contributed by atoms with van der Waals surface area (Å²) in [7, 11) is -3.76. The van der Waals surface area contributed by atoms with Crippen LogP contribution in [0, 0.1) is 13.8 Å². The molecule has 6 nitrogen and oxygen atoms in total. The zero-order valence-electron chi connectivity index (χ0n) is 14.9. The first-order valence-electron chi connectivity index (χ1n) is 8.26. The molecule has 0 saturated carbocycles. The minimum Gasteiger partial charge on any atom is -0.322 e. The average Bonchev–Trinajstić information content (AvgIpc) is 2.64. The van der Waals surface area contributed by atoms with E-state index in [1.807, 2.05) is 26.0 Å². The lowest BCUT2D eigenvalue weighted by molar-refractivity contribution is 0.102. The molecule has 1 amide bonds. The summed E-state index contributed by atoms with van der Waals surface area (Å²) in [6.07, 6.45) is 2.74. The fraction of sp³-hybridized carbons (Fsp3) is 0.100. The third-order valence-electron chi connectivity index (χ3n) is 3.89. The summed E-state index contributed by atoms with van der Waals surface area (Å²) >= 11 is 0. The van der Waals surface area contributed by atoms with Crippen molar-refractivity contribution in [1.29, 1.82) is 0 Å². The Hall–Kier alpha value is -3.19. The van der Waals surface area contributed by atoms with Crippen LogP contribution in [0.5, 0.6) is 0 Å². The number of pyridine rings is 1. The maximum Gasteiger partial charge on any atom is 0.261 e. The molecule has 1 aromatic heterocycles. The number of benzene rings is 2. The molecular weight excluding hydrogens is 362 g/mol. The number of aromatic nitrogens is 1. The lowest BCUT2D eigenvalue weighted by Gasteiger charge is -2.10. The van der Waals surface area contributed by atoms with Crippen LogP contribution in [0.2, 0.25) is 0 Å². The molecule has 0 spiro atoms. The van der Waals surface area contributed by atoms with Crippen molar-refractivity contribution in [3.8, 4) is 0 Å². The third kappa shape index (κ3) is 4.71. The van der Waals surface area contributed by atoms with Gasteiger partial charge in [-0.1, -0.05) is 35.4 Å². The standard InChI is InChI=1S/C20H19N3O3S/c1-14-3-7-17(8-4-14)22-20(24)16-11-18(13-21-12-16)23-27(25,26)19-9-5-15(2)6-10-19/h3-13,23H,1-2H3,(H,22,24). The van der Waals surface area contributed by atoms with Gasteiger partial charge >= 0.3 is 0 Å². The van der Waals surface area contributed by atoms with Gasteiger partial charge in [-0.25, -0.2) is 8.42 Å². The van der Waals surface area contributed by atoms with E-state index in [-0.39, 0.29) is 22.1 Å². The van der Waals surface area contributed by atoms with E-state index in [9.17, 15) is 13.2 Å². The average molecular weight is 381 g/mol. The van der Waals surface area contributed by atoms with E-state index in [1.54, 1.807) is 24.3 Å². The fourth-order valence-electron chi connectivity index (χ4n) is 2.39. The van der Waals surface area contributed by atoms with Gasteiger partial charge < -0.3 is 5.32 Å². The highest BCUT2D eigenvalue weighted by Crippen LogP contribution is 2.18. The molecule has 0 radical (unpaired) electrons. The summed E-state index contributed by atoms with van der Waals surface area (Å²) in [4.78, 5) is 16.5. The van der Waals surface area contributed by atoms with E-state index < -0.39 is 10.0 Å². The molecule has 0 aliphatic rings. The monoisotopic (exact) mass is 381 g/mol. The Kier molecular flexibility index (Phi) is 5.23. The summed E-state index contributed by atoms with van der Waals surface area (Å²) in [5.74, 6) is -0.372. The van der Waals surface area contributed by atoms with E-state index in [0.29, 0.717) is 5.69 Å². The number of amides is 1. The Morgan fingerprint density at radius 2 is 1.44 bits per heavy atom. The van der Waals surface area contributed by atoms with Crippen molar-refractivity contribution in [2.24, 2.45) is 0 Å². The van der Waals surface area contributed by atoms with Crippen molar-refractivity contribution in [2.45, 2.75) is 18.7 Å². The highest BCUT2D eigenvalue weighted by Gasteiger charge is 2.15. The van der Waals surface area contributed by atoms with E-state index in [2.05, 4.69) is 15.0 Å². The first-order chi connectivity index (χ1) is 12.8. The van der Waals surface area contributed by atoms with E-state index in [0.717, 1.165) is 11.1 Å². The zero-order valence-corrected chi connectivity index (χ0v) is 15.7. The van der Waals surface area contributed by atoms with Crippen LogP contribution < -0.4 is 10.0 Å². The topological polar surface area (TPSA) is 88.2 Å². The summed E-state index contributed by atoms with van der Waals surface area (Å²) in [5.41, 5.74) is 3.16. The predicted octanol–water partition coefficient (Wildman–Crippen LogP) is 3.75. The number of carbonyl (C=O) groups is 1. The Bertz CT molecular complexity index is 1060. The molecular formula is C20H19N3O3S. The molecule has 7 heteroatoms. The van der Waals surface area contributed by atoms with Gasteiger partial charge in [0, 0.05) is 11.9 Å². The second-order valence-corrected chi connectivity index (χ2v) is 7.88. The number of rotatable bonds is 5.